The van der Waals surface area contributed by atoms with E-state index in [1.54, 1.807) is 5.57 Å². The Kier molecular flexibility index (Phi) is 3.08. The third-order valence-corrected chi connectivity index (χ3v) is 7.97. The predicted molar refractivity (Wildman–Crippen MR) is 91.4 cm³/mol. The summed E-state index contributed by atoms with van der Waals surface area (Å²) in [6.07, 6.45) is 11.2. The first-order valence-corrected chi connectivity index (χ1v) is 9.15. The van der Waals surface area contributed by atoms with Crippen LogP contribution >= 0.6 is 0 Å². The van der Waals surface area contributed by atoms with Crippen molar-refractivity contribution in [1.82, 2.24) is 0 Å². The second kappa shape index (κ2) is 4.60. The smallest absolute Gasteiger partial charge is 0.0846 e. The summed E-state index contributed by atoms with van der Waals surface area (Å²) in [5.41, 5.74) is 4.20. The summed E-state index contributed by atoms with van der Waals surface area (Å²) in [6, 6.07) is 0. The van der Waals surface area contributed by atoms with Crippen molar-refractivity contribution in [1.29, 1.82) is 0 Å². The van der Waals surface area contributed by atoms with Crippen LogP contribution in [0.1, 0.15) is 58.8 Å². The van der Waals surface area contributed by atoms with Gasteiger partial charge in [0.1, 0.15) is 0 Å². The van der Waals surface area contributed by atoms with E-state index in [2.05, 4.69) is 33.1 Å². The standard InChI is InChI=1S/C21H30O/c1-13-14(2)19(22)21(4)12-10-17-16(18(13)21)9-8-15-7-5-6-11-20(15,17)3/h8,16-19,22H,1-2,5-7,9-12H2,3-4H3/t16-,17-,18+,19?,20+,21+/m1/s1. The summed E-state index contributed by atoms with van der Waals surface area (Å²) in [5.74, 6) is 1.87. The maximum Gasteiger partial charge on any atom is 0.0846 e. The molecule has 0 bridgehead atoms. The van der Waals surface area contributed by atoms with E-state index in [0.717, 1.165) is 23.5 Å². The lowest BCUT2D eigenvalue weighted by molar-refractivity contribution is -0.0551. The van der Waals surface area contributed by atoms with Gasteiger partial charge in [0.25, 0.3) is 0 Å². The molecule has 4 aliphatic rings. The number of allylic oxidation sites excluding steroid dienone is 2. The average Bonchev–Trinajstić information content (AvgIpc) is 2.68. The molecule has 0 aliphatic heterocycles. The van der Waals surface area contributed by atoms with E-state index in [1.165, 1.54) is 38.5 Å². The molecule has 4 aliphatic carbocycles. The van der Waals surface area contributed by atoms with E-state index in [1.807, 2.05) is 0 Å². The van der Waals surface area contributed by atoms with Crippen molar-refractivity contribution in [3.8, 4) is 0 Å². The summed E-state index contributed by atoms with van der Waals surface area (Å²) in [7, 11) is 0. The van der Waals surface area contributed by atoms with Crippen LogP contribution in [0.25, 0.3) is 0 Å². The van der Waals surface area contributed by atoms with Crippen LogP contribution in [0.5, 0.6) is 0 Å². The van der Waals surface area contributed by atoms with Crippen molar-refractivity contribution in [3.63, 3.8) is 0 Å². The second-order valence-electron chi connectivity index (χ2n) is 8.84. The number of hydrogen-bond acceptors (Lipinski definition) is 1. The van der Waals surface area contributed by atoms with Gasteiger partial charge in [-0.25, -0.2) is 0 Å². The van der Waals surface area contributed by atoms with Crippen molar-refractivity contribution in [2.45, 2.75) is 64.9 Å². The first-order chi connectivity index (χ1) is 10.4. The summed E-state index contributed by atoms with van der Waals surface area (Å²) in [5, 5.41) is 10.7. The van der Waals surface area contributed by atoms with Crippen LogP contribution in [-0.4, -0.2) is 11.2 Å². The monoisotopic (exact) mass is 298 g/mol. The first-order valence-electron chi connectivity index (χ1n) is 9.15. The van der Waals surface area contributed by atoms with Gasteiger partial charge in [0.2, 0.25) is 0 Å². The van der Waals surface area contributed by atoms with Gasteiger partial charge in [-0.1, -0.05) is 45.1 Å². The molecule has 1 unspecified atom stereocenters. The molecule has 6 atom stereocenters. The van der Waals surface area contributed by atoms with Crippen LogP contribution in [-0.2, 0) is 0 Å². The summed E-state index contributed by atoms with van der Waals surface area (Å²) >= 11 is 0. The molecule has 0 aromatic carbocycles. The van der Waals surface area contributed by atoms with Crippen molar-refractivity contribution < 1.29 is 5.11 Å². The third-order valence-electron chi connectivity index (χ3n) is 7.97. The number of aliphatic hydroxyl groups excluding tert-OH is 1. The highest BCUT2D eigenvalue weighted by Crippen LogP contribution is 2.66. The molecular weight excluding hydrogens is 268 g/mol. The number of rotatable bonds is 0. The number of fused-ring (bicyclic) bond motifs is 5. The van der Waals surface area contributed by atoms with Gasteiger partial charge in [0.05, 0.1) is 6.10 Å². The minimum Gasteiger partial charge on any atom is -0.388 e. The maximum atomic E-state index is 10.7. The molecule has 0 spiro atoms. The van der Waals surface area contributed by atoms with Crippen molar-refractivity contribution in [2.75, 3.05) is 0 Å². The van der Waals surface area contributed by atoms with E-state index in [0.29, 0.717) is 17.3 Å². The molecule has 0 aromatic rings. The van der Waals surface area contributed by atoms with Crippen LogP contribution in [0.2, 0.25) is 0 Å². The van der Waals surface area contributed by atoms with Gasteiger partial charge in [-0.15, -0.1) is 0 Å². The lowest BCUT2D eigenvalue weighted by Gasteiger charge is -2.57. The molecule has 0 heterocycles. The van der Waals surface area contributed by atoms with E-state index in [9.17, 15) is 5.11 Å². The molecule has 1 N–H and O–H groups in total. The van der Waals surface area contributed by atoms with Crippen LogP contribution < -0.4 is 0 Å². The molecule has 1 nitrogen and oxygen atoms in total. The molecule has 120 valence electrons. The summed E-state index contributed by atoms with van der Waals surface area (Å²) in [4.78, 5) is 0. The van der Waals surface area contributed by atoms with Crippen molar-refractivity contribution >= 4 is 0 Å². The normalized spacial score (nSPS) is 51.0. The van der Waals surface area contributed by atoms with E-state index < -0.39 is 0 Å². The Labute approximate surface area is 135 Å². The molecule has 3 saturated carbocycles. The highest BCUT2D eigenvalue weighted by atomic mass is 16.3. The Morgan fingerprint density at radius 3 is 2.68 bits per heavy atom. The number of hydrogen-bond donors (Lipinski definition) is 1. The van der Waals surface area contributed by atoms with Crippen molar-refractivity contribution in [2.24, 2.45) is 28.6 Å². The van der Waals surface area contributed by atoms with Crippen LogP contribution in [0.15, 0.2) is 36.0 Å². The summed E-state index contributed by atoms with van der Waals surface area (Å²) < 4.78 is 0. The van der Waals surface area contributed by atoms with Gasteiger partial charge >= 0.3 is 0 Å². The fraction of sp³-hybridized carbons (Fsp3) is 0.714. The van der Waals surface area contributed by atoms with Gasteiger partial charge in [0, 0.05) is 5.41 Å². The van der Waals surface area contributed by atoms with Crippen LogP contribution in [0.4, 0.5) is 0 Å². The molecule has 3 fully saturated rings. The van der Waals surface area contributed by atoms with Crippen LogP contribution in [0.3, 0.4) is 0 Å². The van der Waals surface area contributed by atoms with Gasteiger partial charge in [0.15, 0.2) is 0 Å². The largest absolute Gasteiger partial charge is 0.388 e. The maximum absolute atomic E-state index is 10.7. The van der Waals surface area contributed by atoms with Crippen molar-refractivity contribution in [3.05, 3.63) is 36.0 Å². The highest BCUT2D eigenvalue weighted by Gasteiger charge is 2.60. The van der Waals surface area contributed by atoms with E-state index in [-0.39, 0.29) is 11.5 Å². The Morgan fingerprint density at radius 1 is 1.14 bits per heavy atom. The Morgan fingerprint density at radius 2 is 1.91 bits per heavy atom. The summed E-state index contributed by atoms with van der Waals surface area (Å²) in [6.45, 7) is 13.3. The zero-order valence-electron chi connectivity index (χ0n) is 14.2. The topological polar surface area (TPSA) is 20.2 Å². The van der Waals surface area contributed by atoms with E-state index in [4.69, 9.17) is 0 Å². The quantitative estimate of drug-likeness (QED) is 0.622. The first kappa shape index (κ1) is 14.8. The molecule has 0 radical (unpaired) electrons. The molecule has 0 saturated heterocycles. The zero-order chi connectivity index (χ0) is 15.7. The lowest BCUT2D eigenvalue weighted by Crippen LogP contribution is -2.50. The molecule has 1 heteroatoms. The van der Waals surface area contributed by atoms with Gasteiger partial charge in [-0.2, -0.15) is 0 Å². The van der Waals surface area contributed by atoms with Gasteiger partial charge in [-0.05, 0) is 72.8 Å². The molecular formula is C21H30O. The van der Waals surface area contributed by atoms with Gasteiger partial charge in [-0.3, -0.25) is 0 Å². The molecule has 0 amide bonds. The van der Waals surface area contributed by atoms with E-state index >= 15 is 0 Å². The second-order valence-corrected chi connectivity index (χ2v) is 8.84. The lowest BCUT2D eigenvalue weighted by atomic mass is 9.48. The SMILES string of the molecule is C=C1C(=C)[C@H]2[C@@H]3CC=C4CCCC[C@]4(C)[C@@H]3CC[C@]2(C)C1O. The minimum absolute atomic E-state index is 0.0221. The zero-order valence-corrected chi connectivity index (χ0v) is 14.2. The third kappa shape index (κ3) is 1.64. The molecule has 4 rings (SSSR count). The van der Waals surface area contributed by atoms with Gasteiger partial charge < -0.3 is 5.11 Å². The Balaban J connectivity index is 1.76. The molecule has 0 aromatic heterocycles. The number of aliphatic hydroxyl groups is 1. The molecule has 22 heavy (non-hydrogen) atoms. The minimum atomic E-state index is -0.379. The predicted octanol–water partition coefficient (Wildman–Crippen LogP) is 5.03. The Hall–Kier alpha value is -0.820. The Bertz CT molecular complexity index is 570. The fourth-order valence-corrected chi connectivity index (χ4v) is 6.68. The van der Waals surface area contributed by atoms with Crippen LogP contribution in [0, 0.1) is 28.6 Å². The highest BCUT2D eigenvalue weighted by molar-refractivity contribution is 5.43. The fourth-order valence-electron chi connectivity index (χ4n) is 6.68. The average molecular weight is 298 g/mol.